The number of para-hydroxylation sites is 1. The molecule has 0 aliphatic heterocycles. The zero-order valence-corrected chi connectivity index (χ0v) is 18.5. The van der Waals surface area contributed by atoms with Crippen molar-refractivity contribution in [3.05, 3.63) is 79.2 Å². The molecule has 0 amide bonds. The number of rotatable bonds is 7. The molecular weight excluding hydrogens is 457 g/mol. The van der Waals surface area contributed by atoms with Crippen molar-refractivity contribution in [3.63, 3.8) is 0 Å². The summed E-state index contributed by atoms with van der Waals surface area (Å²) in [6, 6.07) is 10.4. The molecule has 0 aliphatic carbocycles. The van der Waals surface area contributed by atoms with E-state index in [9.17, 15) is 9.59 Å². The minimum Gasteiger partial charge on any atom is -0.424 e. The van der Waals surface area contributed by atoms with Crippen LogP contribution in [0, 0.1) is 0 Å². The molecule has 9 nitrogen and oxygen atoms in total. The summed E-state index contributed by atoms with van der Waals surface area (Å²) in [5.41, 5.74) is -0.130. The molecular formula is C21H19Cl2N5O4. The molecule has 0 spiro atoms. The molecule has 4 aromatic rings. The number of aromatic nitrogens is 5. The summed E-state index contributed by atoms with van der Waals surface area (Å²) < 4.78 is 9.85. The Hall–Kier alpha value is -3.14. The van der Waals surface area contributed by atoms with Gasteiger partial charge in [-0.3, -0.25) is 23.5 Å². The number of aliphatic hydroxyl groups excluding tert-OH is 1. The molecule has 0 atom stereocenters. The molecule has 0 saturated carbocycles. The first-order valence-corrected chi connectivity index (χ1v) is 10.5. The Morgan fingerprint density at radius 2 is 1.88 bits per heavy atom. The first-order valence-electron chi connectivity index (χ1n) is 9.74. The van der Waals surface area contributed by atoms with E-state index in [1.54, 1.807) is 41.0 Å². The van der Waals surface area contributed by atoms with Crippen LogP contribution < -0.4 is 16.0 Å². The maximum Gasteiger partial charge on any atom is 0.332 e. The smallest absolute Gasteiger partial charge is 0.332 e. The van der Waals surface area contributed by atoms with E-state index in [1.165, 1.54) is 17.8 Å². The van der Waals surface area contributed by atoms with E-state index in [1.807, 2.05) is 0 Å². The van der Waals surface area contributed by atoms with Crippen LogP contribution in [0.4, 0.5) is 0 Å². The quantitative estimate of drug-likeness (QED) is 0.440. The molecule has 0 fully saturated rings. The van der Waals surface area contributed by atoms with E-state index in [-0.39, 0.29) is 43.3 Å². The molecule has 32 heavy (non-hydrogen) atoms. The van der Waals surface area contributed by atoms with Crippen LogP contribution in [0.3, 0.4) is 0 Å². The summed E-state index contributed by atoms with van der Waals surface area (Å²) in [6.45, 7) is 0.0619. The summed E-state index contributed by atoms with van der Waals surface area (Å²) in [6.07, 6.45) is 1.76. The number of aryl methyl sites for hydroxylation is 1. The molecule has 1 aromatic carbocycles. The number of nitrogens with zero attached hydrogens (tertiary/aromatic N) is 5. The van der Waals surface area contributed by atoms with Gasteiger partial charge in [0.2, 0.25) is 0 Å². The number of pyridine rings is 1. The molecule has 166 valence electrons. The number of fused-ring (bicyclic) bond motifs is 1. The van der Waals surface area contributed by atoms with Crippen LogP contribution in [0.1, 0.15) is 12.1 Å². The fraction of sp³-hybridized carbons (Fsp3) is 0.238. The lowest BCUT2D eigenvalue weighted by atomic mass is 10.3. The Morgan fingerprint density at radius 1 is 1.09 bits per heavy atom. The van der Waals surface area contributed by atoms with E-state index in [0.29, 0.717) is 21.5 Å². The third kappa shape index (κ3) is 4.14. The van der Waals surface area contributed by atoms with Crippen molar-refractivity contribution < 1.29 is 9.84 Å². The van der Waals surface area contributed by atoms with E-state index >= 15 is 0 Å². The van der Waals surface area contributed by atoms with Crippen LogP contribution in [0.2, 0.25) is 10.0 Å². The Morgan fingerprint density at radius 3 is 2.56 bits per heavy atom. The summed E-state index contributed by atoms with van der Waals surface area (Å²) in [5, 5.41) is 10.0. The topological polar surface area (TPSA) is 104 Å². The summed E-state index contributed by atoms with van der Waals surface area (Å²) in [7, 11) is 1.52. The normalized spacial score (nSPS) is 11.2. The van der Waals surface area contributed by atoms with Gasteiger partial charge in [0.1, 0.15) is 5.75 Å². The van der Waals surface area contributed by atoms with Gasteiger partial charge in [0.15, 0.2) is 11.2 Å². The first-order chi connectivity index (χ1) is 15.4. The SMILES string of the molecule is Cn1c(=O)n(CCCO)c(=O)c2c1nc(Oc1ccccc1Cl)n2Cc1ccc(Cl)cn1. The lowest BCUT2D eigenvalue weighted by molar-refractivity contribution is 0.277. The number of benzene rings is 1. The van der Waals surface area contributed by atoms with Crippen molar-refractivity contribution in [2.24, 2.45) is 7.05 Å². The Kier molecular flexibility index (Phi) is 6.31. The van der Waals surface area contributed by atoms with E-state index < -0.39 is 11.2 Å². The van der Waals surface area contributed by atoms with Gasteiger partial charge in [-0.2, -0.15) is 4.98 Å². The van der Waals surface area contributed by atoms with E-state index in [4.69, 9.17) is 33.0 Å². The van der Waals surface area contributed by atoms with Crippen LogP contribution in [0.15, 0.2) is 52.2 Å². The van der Waals surface area contributed by atoms with Gasteiger partial charge in [0.25, 0.3) is 5.56 Å². The first kappa shape index (κ1) is 22.1. The highest BCUT2D eigenvalue weighted by molar-refractivity contribution is 6.32. The number of hydrogen-bond donors (Lipinski definition) is 1. The molecule has 4 rings (SSSR count). The van der Waals surface area contributed by atoms with Crippen molar-refractivity contribution in [2.45, 2.75) is 19.5 Å². The maximum atomic E-state index is 13.3. The third-order valence-electron chi connectivity index (χ3n) is 4.88. The van der Waals surface area contributed by atoms with Crippen molar-refractivity contribution in [3.8, 4) is 11.8 Å². The Bertz CT molecular complexity index is 1390. The van der Waals surface area contributed by atoms with Gasteiger partial charge in [-0.25, -0.2) is 4.79 Å². The van der Waals surface area contributed by atoms with Gasteiger partial charge in [-0.15, -0.1) is 0 Å². The van der Waals surface area contributed by atoms with Gasteiger partial charge in [-0.1, -0.05) is 35.3 Å². The van der Waals surface area contributed by atoms with Gasteiger partial charge in [0, 0.05) is 26.4 Å². The van der Waals surface area contributed by atoms with Crippen molar-refractivity contribution in [1.82, 2.24) is 23.7 Å². The molecule has 1 N–H and O–H groups in total. The highest BCUT2D eigenvalue weighted by Gasteiger charge is 2.22. The monoisotopic (exact) mass is 475 g/mol. The summed E-state index contributed by atoms with van der Waals surface area (Å²) >= 11 is 12.2. The molecule has 0 radical (unpaired) electrons. The second-order valence-corrected chi connectivity index (χ2v) is 7.87. The van der Waals surface area contributed by atoms with Crippen molar-refractivity contribution in [1.29, 1.82) is 0 Å². The Balaban J connectivity index is 1.95. The van der Waals surface area contributed by atoms with Gasteiger partial charge >= 0.3 is 11.7 Å². The van der Waals surface area contributed by atoms with Crippen molar-refractivity contribution >= 4 is 34.4 Å². The fourth-order valence-electron chi connectivity index (χ4n) is 3.29. The van der Waals surface area contributed by atoms with Gasteiger partial charge < -0.3 is 9.84 Å². The number of aliphatic hydroxyl groups is 1. The van der Waals surface area contributed by atoms with E-state index in [2.05, 4.69) is 9.97 Å². The predicted octanol–water partition coefficient (Wildman–Crippen LogP) is 2.82. The second kappa shape index (κ2) is 9.15. The predicted molar refractivity (Wildman–Crippen MR) is 121 cm³/mol. The zero-order valence-electron chi connectivity index (χ0n) is 17.0. The van der Waals surface area contributed by atoms with E-state index in [0.717, 1.165) is 4.57 Å². The van der Waals surface area contributed by atoms with Gasteiger partial charge in [0.05, 0.1) is 22.3 Å². The maximum absolute atomic E-state index is 13.3. The largest absolute Gasteiger partial charge is 0.424 e. The summed E-state index contributed by atoms with van der Waals surface area (Å²) in [4.78, 5) is 34.8. The third-order valence-corrected chi connectivity index (χ3v) is 5.42. The van der Waals surface area contributed by atoms with Crippen LogP contribution >= 0.6 is 23.2 Å². The lowest BCUT2D eigenvalue weighted by Gasteiger charge is -2.11. The zero-order chi connectivity index (χ0) is 22.8. The average Bonchev–Trinajstić information content (AvgIpc) is 3.13. The lowest BCUT2D eigenvalue weighted by Crippen LogP contribution is -2.39. The molecule has 0 bridgehead atoms. The van der Waals surface area contributed by atoms with Crippen LogP contribution in [0.25, 0.3) is 11.2 Å². The summed E-state index contributed by atoms with van der Waals surface area (Å²) in [5.74, 6) is 0.348. The molecule has 0 unspecified atom stereocenters. The fourth-order valence-corrected chi connectivity index (χ4v) is 3.58. The number of hydrogen-bond acceptors (Lipinski definition) is 6. The molecule has 3 heterocycles. The molecule has 11 heteroatoms. The highest BCUT2D eigenvalue weighted by Crippen LogP contribution is 2.30. The van der Waals surface area contributed by atoms with Crippen molar-refractivity contribution in [2.75, 3.05) is 6.61 Å². The number of ether oxygens (including phenoxy) is 1. The minimum atomic E-state index is -0.535. The van der Waals surface area contributed by atoms with Crippen LogP contribution in [0.5, 0.6) is 11.8 Å². The molecule has 0 saturated heterocycles. The molecule has 3 aromatic heterocycles. The minimum absolute atomic E-state index is 0.0724. The highest BCUT2D eigenvalue weighted by atomic mass is 35.5. The van der Waals surface area contributed by atoms with Gasteiger partial charge in [-0.05, 0) is 30.7 Å². The number of halogens is 2. The number of imidazole rings is 1. The van der Waals surface area contributed by atoms with Crippen LogP contribution in [-0.2, 0) is 20.1 Å². The Labute approximate surface area is 192 Å². The standard InChI is InChI=1S/C21H19Cl2N5O4/c1-26-18-17(19(30)27(21(26)31)9-4-10-29)28(12-14-8-7-13(22)11-24-14)20(25-18)32-16-6-3-2-5-15(16)23/h2-3,5-8,11,29H,4,9-10,12H2,1H3. The van der Waals surface area contributed by atoms with Crippen LogP contribution in [-0.4, -0.2) is 35.4 Å². The molecule has 0 aliphatic rings. The second-order valence-electron chi connectivity index (χ2n) is 7.03. The average molecular weight is 476 g/mol.